The Kier molecular flexibility index (Phi) is 3.52. The number of hydrogen-bond donors (Lipinski definition) is 0. The summed E-state index contributed by atoms with van der Waals surface area (Å²) in [5, 5.41) is 3.74. The molecular formula is C13H11F3N2O2. The third-order valence-electron chi connectivity index (χ3n) is 2.77. The molecule has 7 heteroatoms. The van der Waals surface area contributed by atoms with Crippen LogP contribution in [0.1, 0.15) is 21.7 Å². The van der Waals surface area contributed by atoms with E-state index in [0.717, 1.165) is 7.11 Å². The molecule has 0 N–H and O–H groups in total. The van der Waals surface area contributed by atoms with Crippen LogP contribution < -0.4 is 0 Å². The van der Waals surface area contributed by atoms with Crippen LogP contribution >= 0.6 is 0 Å². The number of benzene rings is 1. The number of esters is 1. The van der Waals surface area contributed by atoms with Crippen molar-refractivity contribution in [2.45, 2.75) is 13.1 Å². The summed E-state index contributed by atoms with van der Waals surface area (Å²) in [5.41, 5.74) is -1.36. The van der Waals surface area contributed by atoms with Crippen molar-refractivity contribution in [2.24, 2.45) is 0 Å². The highest BCUT2D eigenvalue weighted by Crippen LogP contribution is 2.34. The highest BCUT2D eigenvalue weighted by molar-refractivity contribution is 5.89. The van der Waals surface area contributed by atoms with E-state index >= 15 is 0 Å². The molecule has 2 aromatic rings. The lowest BCUT2D eigenvalue weighted by Gasteiger charge is -2.11. The van der Waals surface area contributed by atoms with Crippen molar-refractivity contribution in [3.63, 3.8) is 0 Å². The van der Waals surface area contributed by atoms with Crippen LogP contribution in [0.25, 0.3) is 5.69 Å². The van der Waals surface area contributed by atoms with Gasteiger partial charge in [-0.2, -0.15) is 18.3 Å². The first-order valence-corrected chi connectivity index (χ1v) is 5.66. The van der Waals surface area contributed by atoms with E-state index < -0.39 is 17.8 Å². The second-order valence-electron chi connectivity index (χ2n) is 4.06. The lowest BCUT2D eigenvalue weighted by molar-refractivity contribution is -0.143. The maximum atomic E-state index is 13.2. The number of nitrogens with zero attached hydrogens (tertiary/aromatic N) is 2. The fraction of sp³-hybridized carbons (Fsp3) is 0.231. The Morgan fingerprint density at radius 3 is 2.35 bits per heavy atom. The number of alkyl halides is 3. The molecule has 0 spiro atoms. The normalized spacial score (nSPS) is 11.4. The molecule has 20 heavy (non-hydrogen) atoms. The largest absolute Gasteiger partial charge is 0.464 e. The number of halogens is 3. The summed E-state index contributed by atoms with van der Waals surface area (Å²) in [7, 11) is 1.09. The number of methoxy groups -OCH3 is 1. The fourth-order valence-electron chi connectivity index (χ4n) is 1.88. The van der Waals surface area contributed by atoms with Crippen LogP contribution in [0.5, 0.6) is 0 Å². The number of hydrogen-bond acceptors (Lipinski definition) is 3. The maximum Gasteiger partial charge on any atom is 0.433 e. The molecule has 1 aromatic carbocycles. The fourth-order valence-corrected chi connectivity index (χ4v) is 1.88. The molecule has 0 bridgehead atoms. The average Bonchev–Trinajstić information content (AvgIpc) is 2.76. The molecule has 0 amide bonds. The van der Waals surface area contributed by atoms with Gasteiger partial charge in [-0.15, -0.1) is 0 Å². The number of ether oxygens (including phenoxy) is 1. The summed E-state index contributed by atoms with van der Waals surface area (Å²) in [5.74, 6) is -0.900. The lowest BCUT2D eigenvalue weighted by atomic mass is 10.2. The zero-order valence-corrected chi connectivity index (χ0v) is 10.7. The van der Waals surface area contributed by atoms with E-state index in [4.69, 9.17) is 0 Å². The molecule has 2 rings (SSSR count). The van der Waals surface area contributed by atoms with Crippen LogP contribution in [-0.2, 0) is 10.9 Å². The van der Waals surface area contributed by atoms with Crippen molar-refractivity contribution in [2.75, 3.05) is 7.11 Å². The Hall–Kier alpha value is -2.31. The molecule has 0 unspecified atom stereocenters. The van der Waals surface area contributed by atoms with Gasteiger partial charge in [0.05, 0.1) is 12.8 Å². The van der Waals surface area contributed by atoms with Gasteiger partial charge >= 0.3 is 12.1 Å². The Morgan fingerprint density at radius 2 is 1.85 bits per heavy atom. The number of carbonyl (C=O) groups is 1. The van der Waals surface area contributed by atoms with Crippen LogP contribution in [-0.4, -0.2) is 22.9 Å². The van der Waals surface area contributed by atoms with E-state index in [2.05, 4.69) is 9.84 Å². The molecule has 106 valence electrons. The highest BCUT2D eigenvalue weighted by atomic mass is 19.4. The van der Waals surface area contributed by atoms with Crippen LogP contribution in [0.3, 0.4) is 0 Å². The predicted octanol–water partition coefficient (Wildman–Crippen LogP) is 2.99. The van der Waals surface area contributed by atoms with Crippen molar-refractivity contribution >= 4 is 5.97 Å². The van der Waals surface area contributed by atoms with Crippen molar-refractivity contribution in [3.05, 3.63) is 47.3 Å². The lowest BCUT2D eigenvalue weighted by Crippen LogP contribution is -2.14. The van der Waals surface area contributed by atoms with Crippen LogP contribution in [0.15, 0.2) is 30.3 Å². The second kappa shape index (κ2) is 4.99. The monoisotopic (exact) mass is 284 g/mol. The zero-order chi connectivity index (χ0) is 14.9. The first-order chi connectivity index (χ1) is 9.36. The van der Waals surface area contributed by atoms with E-state index in [-0.39, 0.29) is 16.9 Å². The highest BCUT2D eigenvalue weighted by Gasteiger charge is 2.40. The second-order valence-corrected chi connectivity index (χ2v) is 4.06. The Bertz CT molecular complexity index is 633. The van der Waals surface area contributed by atoms with E-state index in [1.165, 1.54) is 19.1 Å². The Labute approximate surface area is 112 Å². The summed E-state index contributed by atoms with van der Waals surface area (Å²) < 4.78 is 44.6. The smallest absolute Gasteiger partial charge is 0.433 e. The summed E-state index contributed by atoms with van der Waals surface area (Å²) in [6.07, 6.45) is -4.63. The number of carbonyl (C=O) groups excluding carboxylic acids is 1. The quantitative estimate of drug-likeness (QED) is 0.796. The summed E-state index contributed by atoms with van der Waals surface area (Å²) in [4.78, 5) is 11.5. The molecule has 0 aliphatic heterocycles. The third-order valence-corrected chi connectivity index (χ3v) is 2.77. The van der Waals surface area contributed by atoms with Crippen molar-refractivity contribution in [1.82, 2.24) is 9.78 Å². The van der Waals surface area contributed by atoms with Crippen LogP contribution in [0.2, 0.25) is 0 Å². The van der Waals surface area contributed by atoms with Gasteiger partial charge < -0.3 is 4.74 Å². The Balaban J connectivity index is 2.71. The van der Waals surface area contributed by atoms with Gasteiger partial charge in [0.25, 0.3) is 0 Å². The predicted molar refractivity (Wildman–Crippen MR) is 64.6 cm³/mol. The van der Waals surface area contributed by atoms with Gasteiger partial charge in [-0.05, 0) is 19.1 Å². The third kappa shape index (κ3) is 2.38. The summed E-state index contributed by atoms with van der Waals surface area (Å²) in [6.45, 7) is 1.20. The van der Waals surface area contributed by atoms with E-state index in [1.54, 1.807) is 18.2 Å². The first kappa shape index (κ1) is 14.1. The van der Waals surface area contributed by atoms with Gasteiger partial charge in [0.15, 0.2) is 11.4 Å². The van der Waals surface area contributed by atoms with Crippen molar-refractivity contribution in [1.29, 1.82) is 0 Å². The van der Waals surface area contributed by atoms with Crippen LogP contribution in [0, 0.1) is 6.92 Å². The van der Waals surface area contributed by atoms with Gasteiger partial charge in [-0.1, -0.05) is 18.2 Å². The molecule has 0 aliphatic rings. The summed E-state index contributed by atoms with van der Waals surface area (Å²) >= 11 is 0. The topological polar surface area (TPSA) is 44.1 Å². The molecule has 0 saturated heterocycles. The molecule has 0 aliphatic carbocycles. The molecule has 1 heterocycles. The van der Waals surface area contributed by atoms with Gasteiger partial charge in [0, 0.05) is 5.56 Å². The minimum Gasteiger partial charge on any atom is -0.464 e. The summed E-state index contributed by atoms with van der Waals surface area (Å²) in [6, 6.07) is 7.80. The number of aromatic nitrogens is 2. The molecule has 1 aromatic heterocycles. The van der Waals surface area contributed by atoms with Gasteiger partial charge in [-0.25, -0.2) is 9.48 Å². The SMILES string of the molecule is COC(=O)c1nn(-c2ccccc2)c(C(F)(F)F)c1C. The number of rotatable bonds is 2. The average molecular weight is 284 g/mol. The van der Waals surface area contributed by atoms with Crippen molar-refractivity contribution in [3.8, 4) is 5.69 Å². The van der Waals surface area contributed by atoms with Crippen molar-refractivity contribution < 1.29 is 22.7 Å². The standard InChI is InChI=1S/C13H11F3N2O2/c1-8-10(12(19)20-2)17-18(11(8)13(14,15)16)9-6-4-3-5-7-9/h3-7H,1-2H3. The molecule has 0 fully saturated rings. The van der Waals surface area contributed by atoms with E-state index in [0.29, 0.717) is 4.68 Å². The van der Waals surface area contributed by atoms with E-state index in [9.17, 15) is 18.0 Å². The van der Waals surface area contributed by atoms with Crippen LogP contribution in [0.4, 0.5) is 13.2 Å². The Morgan fingerprint density at radius 1 is 1.25 bits per heavy atom. The molecule has 0 radical (unpaired) electrons. The molecule has 4 nitrogen and oxygen atoms in total. The van der Waals surface area contributed by atoms with E-state index in [1.807, 2.05) is 0 Å². The first-order valence-electron chi connectivity index (χ1n) is 5.66. The molecule has 0 atom stereocenters. The van der Waals surface area contributed by atoms with Gasteiger partial charge in [0.1, 0.15) is 0 Å². The maximum absolute atomic E-state index is 13.2. The van der Waals surface area contributed by atoms with Gasteiger partial charge in [0.2, 0.25) is 0 Å². The van der Waals surface area contributed by atoms with Gasteiger partial charge in [-0.3, -0.25) is 0 Å². The minimum absolute atomic E-state index is 0.220. The minimum atomic E-state index is -4.63. The zero-order valence-electron chi connectivity index (χ0n) is 10.7. The molecule has 0 saturated carbocycles. The number of para-hydroxylation sites is 1. The molecular weight excluding hydrogens is 273 g/mol.